The lowest BCUT2D eigenvalue weighted by atomic mass is 9.98. The molecule has 0 heterocycles. The number of nitrogens with zero attached hydrogens (tertiary/aromatic N) is 1. The maximum absolute atomic E-state index is 13.8. The van der Waals surface area contributed by atoms with Gasteiger partial charge in [0.2, 0.25) is 11.8 Å². The van der Waals surface area contributed by atoms with Crippen molar-refractivity contribution >= 4 is 17.9 Å². The molecular formula is C26H43N3O5. The Morgan fingerprint density at radius 1 is 1.03 bits per heavy atom. The van der Waals surface area contributed by atoms with Gasteiger partial charge in [-0.05, 0) is 78.0 Å². The Labute approximate surface area is 204 Å². The third-order valence-electron chi connectivity index (χ3n) is 4.71. The van der Waals surface area contributed by atoms with Crippen molar-refractivity contribution in [2.45, 2.75) is 98.4 Å². The van der Waals surface area contributed by atoms with E-state index in [1.54, 1.807) is 32.9 Å². The smallest absolute Gasteiger partial charge is 0.408 e. The highest BCUT2D eigenvalue weighted by atomic mass is 16.6. The summed E-state index contributed by atoms with van der Waals surface area (Å²) in [6.07, 6.45) is 0.328. The molecule has 0 saturated heterocycles. The first-order valence-electron chi connectivity index (χ1n) is 11.9. The molecule has 0 bridgehead atoms. The third kappa shape index (κ3) is 10.0. The molecule has 0 aliphatic carbocycles. The van der Waals surface area contributed by atoms with Crippen LogP contribution in [0.15, 0.2) is 24.3 Å². The fraction of sp³-hybridized carbons (Fsp3) is 0.654. The molecular weight excluding hydrogens is 434 g/mol. The van der Waals surface area contributed by atoms with Crippen LogP contribution in [0.2, 0.25) is 0 Å². The van der Waals surface area contributed by atoms with Crippen molar-refractivity contribution in [3.8, 4) is 5.75 Å². The van der Waals surface area contributed by atoms with E-state index in [0.29, 0.717) is 24.9 Å². The van der Waals surface area contributed by atoms with Crippen molar-refractivity contribution in [2.75, 3.05) is 6.54 Å². The molecule has 0 aliphatic heterocycles. The Bertz CT molecular complexity index is 822. The van der Waals surface area contributed by atoms with Crippen molar-refractivity contribution in [3.63, 3.8) is 0 Å². The number of nitrogens with one attached hydrogen (secondary N) is 2. The molecule has 0 aliphatic rings. The summed E-state index contributed by atoms with van der Waals surface area (Å²) < 4.78 is 5.38. The van der Waals surface area contributed by atoms with Gasteiger partial charge >= 0.3 is 6.09 Å². The summed E-state index contributed by atoms with van der Waals surface area (Å²) in [7, 11) is 0. The van der Waals surface area contributed by atoms with Crippen LogP contribution < -0.4 is 10.6 Å². The molecule has 8 heteroatoms. The molecule has 192 valence electrons. The minimum absolute atomic E-state index is 0.0661. The van der Waals surface area contributed by atoms with Gasteiger partial charge in [-0.1, -0.05) is 32.9 Å². The lowest BCUT2D eigenvalue weighted by molar-refractivity contribution is -0.143. The number of ether oxygens (including phenoxy) is 1. The van der Waals surface area contributed by atoms with Crippen molar-refractivity contribution < 1.29 is 24.2 Å². The van der Waals surface area contributed by atoms with E-state index in [1.807, 2.05) is 41.5 Å². The van der Waals surface area contributed by atoms with E-state index in [1.165, 1.54) is 17.0 Å². The summed E-state index contributed by atoms with van der Waals surface area (Å²) in [4.78, 5) is 41.3. The quantitative estimate of drug-likeness (QED) is 0.484. The van der Waals surface area contributed by atoms with Crippen LogP contribution in [0.25, 0.3) is 0 Å². The molecule has 0 spiro atoms. The summed E-state index contributed by atoms with van der Waals surface area (Å²) in [5, 5.41) is 15.4. The van der Waals surface area contributed by atoms with Gasteiger partial charge in [-0.25, -0.2) is 4.79 Å². The molecule has 1 aromatic carbocycles. The molecule has 3 N–H and O–H groups in total. The maximum atomic E-state index is 13.8. The molecule has 0 saturated carbocycles. The number of phenolic OH excluding ortho intramolecular Hbond substituents is 1. The number of benzene rings is 1. The van der Waals surface area contributed by atoms with Gasteiger partial charge in [0.15, 0.2) is 0 Å². The highest BCUT2D eigenvalue weighted by Gasteiger charge is 2.37. The maximum Gasteiger partial charge on any atom is 0.408 e. The average Bonchev–Trinajstić information content (AvgIpc) is 2.64. The number of hydrogen-bond acceptors (Lipinski definition) is 5. The Kier molecular flexibility index (Phi) is 10.4. The van der Waals surface area contributed by atoms with Gasteiger partial charge < -0.3 is 25.4 Å². The van der Waals surface area contributed by atoms with Gasteiger partial charge in [0, 0.05) is 12.1 Å². The van der Waals surface area contributed by atoms with Crippen LogP contribution in [0.3, 0.4) is 0 Å². The topological polar surface area (TPSA) is 108 Å². The standard InChI is InChI=1S/C26H43N3O5/c1-10-15-29(23(32)20(16-17(2)3)27-24(33)34-26(7,8)9)21(22(31)28-25(4,5)6)18-11-13-19(30)14-12-18/h11-14,17,20-21,30H,10,15-16H2,1-9H3,(H,27,33)(H,28,31). The van der Waals surface area contributed by atoms with Crippen LogP contribution in [0.5, 0.6) is 5.75 Å². The zero-order valence-electron chi connectivity index (χ0n) is 22.2. The first-order chi connectivity index (χ1) is 15.5. The van der Waals surface area contributed by atoms with E-state index in [9.17, 15) is 19.5 Å². The Balaban J connectivity index is 3.43. The summed E-state index contributed by atoms with van der Waals surface area (Å²) in [5.74, 6) is -0.511. The first-order valence-corrected chi connectivity index (χ1v) is 11.9. The van der Waals surface area contributed by atoms with Gasteiger partial charge in [-0.15, -0.1) is 0 Å². The second-order valence-corrected chi connectivity index (χ2v) is 11.1. The molecule has 0 radical (unpaired) electrons. The van der Waals surface area contributed by atoms with Gasteiger partial charge in [0.25, 0.3) is 0 Å². The summed E-state index contributed by atoms with van der Waals surface area (Å²) in [6.45, 7) is 17.0. The molecule has 34 heavy (non-hydrogen) atoms. The second-order valence-electron chi connectivity index (χ2n) is 11.1. The van der Waals surface area contributed by atoms with Gasteiger partial charge in [-0.2, -0.15) is 0 Å². The lowest BCUT2D eigenvalue weighted by Gasteiger charge is -2.36. The molecule has 2 atom stereocenters. The minimum atomic E-state index is -0.928. The Hall–Kier alpha value is -2.77. The average molecular weight is 478 g/mol. The van der Waals surface area contributed by atoms with E-state index in [4.69, 9.17) is 4.74 Å². The van der Waals surface area contributed by atoms with Crippen LogP contribution in [-0.2, 0) is 14.3 Å². The predicted molar refractivity (Wildman–Crippen MR) is 133 cm³/mol. The fourth-order valence-corrected chi connectivity index (χ4v) is 3.52. The zero-order chi connectivity index (χ0) is 26.3. The number of carbonyl (C=O) groups excluding carboxylic acids is 3. The van der Waals surface area contributed by atoms with E-state index in [0.717, 1.165) is 0 Å². The molecule has 1 rings (SSSR count). The molecule has 0 fully saturated rings. The summed E-state index contributed by atoms with van der Waals surface area (Å²) in [5.41, 5.74) is -0.652. The van der Waals surface area contributed by atoms with E-state index in [2.05, 4.69) is 10.6 Å². The van der Waals surface area contributed by atoms with Crippen molar-refractivity contribution in [1.82, 2.24) is 15.5 Å². The van der Waals surface area contributed by atoms with Crippen LogP contribution in [0.4, 0.5) is 4.79 Å². The fourth-order valence-electron chi connectivity index (χ4n) is 3.52. The highest BCUT2D eigenvalue weighted by Crippen LogP contribution is 2.26. The first kappa shape index (κ1) is 29.3. The van der Waals surface area contributed by atoms with Gasteiger partial charge in [0.05, 0.1) is 0 Å². The summed E-state index contributed by atoms with van der Waals surface area (Å²) in [6, 6.07) is 4.47. The third-order valence-corrected chi connectivity index (χ3v) is 4.71. The van der Waals surface area contributed by atoms with Gasteiger partial charge in [0.1, 0.15) is 23.4 Å². The SMILES string of the molecule is CCCN(C(=O)C(CC(C)C)NC(=O)OC(C)(C)C)C(C(=O)NC(C)(C)C)c1ccc(O)cc1. The highest BCUT2D eigenvalue weighted by molar-refractivity contribution is 5.92. The van der Waals surface area contributed by atoms with Crippen LogP contribution in [-0.4, -0.2) is 51.6 Å². The Morgan fingerprint density at radius 3 is 2.03 bits per heavy atom. The number of phenols is 1. The van der Waals surface area contributed by atoms with Crippen LogP contribution in [0.1, 0.15) is 86.8 Å². The molecule has 3 amide bonds. The van der Waals surface area contributed by atoms with Crippen molar-refractivity contribution in [2.24, 2.45) is 5.92 Å². The van der Waals surface area contributed by atoms with Crippen LogP contribution in [0, 0.1) is 5.92 Å². The van der Waals surface area contributed by atoms with E-state index >= 15 is 0 Å². The Morgan fingerprint density at radius 2 is 1.59 bits per heavy atom. The lowest BCUT2D eigenvalue weighted by Crippen LogP contribution is -2.55. The van der Waals surface area contributed by atoms with Crippen molar-refractivity contribution in [1.29, 1.82) is 0 Å². The number of amides is 3. The number of alkyl carbamates (subject to hydrolysis) is 1. The molecule has 8 nitrogen and oxygen atoms in total. The number of hydrogen-bond donors (Lipinski definition) is 3. The van der Waals surface area contributed by atoms with Crippen LogP contribution >= 0.6 is 0 Å². The van der Waals surface area contributed by atoms with E-state index < -0.39 is 29.3 Å². The van der Waals surface area contributed by atoms with Gasteiger partial charge in [-0.3, -0.25) is 9.59 Å². The minimum Gasteiger partial charge on any atom is -0.508 e. The second kappa shape index (κ2) is 12.1. The monoisotopic (exact) mass is 477 g/mol. The number of carbonyl (C=O) groups is 3. The zero-order valence-corrected chi connectivity index (χ0v) is 22.2. The normalized spacial score (nSPS) is 13.7. The van der Waals surface area contributed by atoms with E-state index in [-0.39, 0.29) is 23.5 Å². The predicted octanol–water partition coefficient (Wildman–Crippen LogP) is 4.53. The van der Waals surface area contributed by atoms with Crippen molar-refractivity contribution in [3.05, 3.63) is 29.8 Å². The summed E-state index contributed by atoms with van der Waals surface area (Å²) >= 11 is 0. The molecule has 2 unspecified atom stereocenters. The molecule has 0 aromatic heterocycles. The largest absolute Gasteiger partial charge is 0.508 e. The molecule has 1 aromatic rings. The number of rotatable bonds is 9. The number of aromatic hydroxyl groups is 1.